The van der Waals surface area contributed by atoms with E-state index in [0.29, 0.717) is 17.4 Å². The van der Waals surface area contributed by atoms with Crippen LogP contribution in [0.25, 0.3) is 0 Å². The minimum absolute atomic E-state index is 0.237. The first-order chi connectivity index (χ1) is 13.2. The molecule has 0 bridgehead atoms. The predicted octanol–water partition coefficient (Wildman–Crippen LogP) is 3.65. The van der Waals surface area contributed by atoms with Gasteiger partial charge in [0.1, 0.15) is 29.5 Å². The zero-order valence-electron chi connectivity index (χ0n) is 16.7. The Kier molecular flexibility index (Phi) is 6.81. The molecule has 0 aliphatic heterocycles. The minimum atomic E-state index is -0.664. The highest BCUT2D eigenvalue weighted by atomic mass is 16.6. The predicted molar refractivity (Wildman–Crippen MR) is 105 cm³/mol. The average Bonchev–Trinajstić information content (AvgIpc) is 2.59. The van der Waals surface area contributed by atoms with Gasteiger partial charge in [0, 0.05) is 6.07 Å². The van der Waals surface area contributed by atoms with Crippen LogP contribution in [0, 0.1) is 6.92 Å². The molecular formula is C20H25N3O5. The number of carbonyl (C=O) groups is 2. The highest BCUT2D eigenvalue weighted by Crippen LogP contribution is 2.26. The molecule has 0 radical (unpaired) electrons. The Balaban J connectivity index is 1.93. The molecule has 0 aliphatic carbocycles. The lowest BCUT2D eigenvalue weighted by atomic mass is 10.2. The van der Waals surface area contributed by atoms with Gasteiger partial charge in [0.15, 0.2) is 0 Å². The Morgan fingerprint density at radius 2 is 1.89 bits per heavy atom. The fourth-order valence-corrected chi connectivity index (χ4v) is 2.23. The van der Waals surface area contributed by atoms with Crippen molar-refractivity contribution in [2.45, 2.75) is 33.3 Å². The summed E-state index contributed by atoms with van der Waals surface area (Å²) in [5, 5.41) is 4.98. The first-order valence-corrected chi connectivity index (χ1v) is 8.72. The van der Waals surface area contributed by atoms with Crippen molar-refractivity contribution < 1.29 is 23.8 Å². The van der Waals surface area contributed by atoms with Crippen LogP contribution in [0.15, 0.2) is 36.4 Å². The van der Waals surface area contributed by atoms with E-state index in [0.717, 1.165) is 11.3 Å². The molecule has 0 aliphatic rings. The number of hydrogen-bond donors (Lipinski definition) is 2. The summed E-state index contributed by atoms with van der Waals surface area (Å²) in [6, 6.07) is 10.4. The summed E-state index contributed by atoms with van der Waals surface area (Å²) < 4.78 is 16.0. The summed E-state index contributed by atoms with van der Waals surface area (Å²) in [6.07, 6.45) is -0.664. The molecule has 0 saturated heterocycles. The average molecular weight is 387 g/mol. The lowest BCUT2D eigenvalue weighted by Gasteiger charge is -2.19. The van der Waals surface area contributed by atoms with E-state index in [4.69, 9.17) is 14.2 Å². The van der Waals surface area contributed by atoms with Gasteiger partial charge in [0.05, 0.1) is 7.11 Å². The topological polar surface area (TPSA) is 98.8 Å². The number of methoxy groups -OCH3 is 1. The van der Waals surface area contributed by atoms with Crippen LogP contribution in [-0.4, -0.2) is 36.2 Å². The quantitative estimate of drug-likeness (QED) is 0.785. The molecular weight excluding hydrogens is 362 g/mol. The van der Waals surface area contributed by atoms with Crippen molar-refractivity contribution in [1.82, 2.24) is 10.3 Å². The number of benzene rings is 1. The van der Waals surface area contributed by atoms with Crippen molar-refractivity contribution in [1.29, 1.82) is 0 Å². The van der Waals surface area contributed by atoms with Gasteiger partial charge in [0.2, 0.25) is 11.8 Å². The SMILES string of the molecule is COc1ccc(Oc2cccc(NC(=O)CNC(=O)OC(C)(C)C)n2)cc1C. The Morgan fingerprint density at radius 1 is 1.14 bits per heavy atom. The van der Waals surface area contributed by atoms with Crippen molar-refractivity contribution >= 4 is 17.8 Å². The number of amides is 2. The summed E-state index contributed by atoms with van der Waals surface area (Å²) in [5.74, 6) is 1.55. The fourth-order valence-electron chi connectivity index (χ4n) is 2.23. The standard InChI is InChI=1S/C20H25N3O5/c1-13-11-14(9-10-15(13)26-5)27-18-8-6-7-16(23-18)22-17(24)12-21-19(25)28-20(2,3)4/h6-11H,12H2,1-5H3,(H,21,25)(H,22,23,24). The van der Waals surface area contributed by atoms with Crippen LogP contribution >= 0.6 is 0 Å². The maximum atomic E-state index is 12.0. The third-order valence-electron chi connectivity index (χ3n) is 3.37. The number of aromatic nitrogens is 1. The van der Waals surface area contributed by atoms with Crippen molar-refractivity contribution in [3.05, 3.63) is 42.0 Å². The van der Waals surface area contributed by atoms with Crippen molar-refractivity contribution in [2.24, 2.45) is 0 Å². The maximum Gasteiger partial charge on any atom is 0.408 e. The van der Waals surface area contributed by atoms with E-state index in [1.807, 2.05) is 13.0 Å². The number of rotatable bonds is 6. The lowest BCUT2D eigenvalue weighted by Crippen LogP contribution is -2.37. The molecule has 0 atom stereocenters. The van der Waals surface area contributed by atoms with E-state index >= 15 is 0 Å². The molecule has 150 valence electrons. The van der Waals surface area contributed by atoms with Crippen LogP contribution in [0.2, 0.25) is 0 Å². The molecule has 1 aromatic heterocycles. The first-order valence-electron chi connectivity index (χ1n) is 8.72. The van der Waals surface area contributed by atoms with Gasteiger partial charge in [-0.3, -0.25) is 4.79 Å². The molecule has 2 N–H and O–H groups in total. The molecule has 2 aromatic rings. The highest BCUT2D eigenvalue weighted by molar-refractivity contribution is 5.93. The van der Waals surface area contributed by atoms with Crippen LogP contribution in [-0.2, 0) is 9.53 Å². The van der Waals surface area contributed by atoms with Crippen LogP contribution in [0.3, 0.4) is 0 Å². The molecule has 0 unspecified atom stereocenters. The number of aryl methyl sites for hydroxylation is 1. The zero-order valence-corrected chi connectivity index (χ0v) is 16.7. The third-order valence-corrected chi connectivity index (χ3v) is 3.37. The third kappa shape index (κ3) is 6.79. The van der Waals surface area contributed by atoms with E-state index in [1.54, 1.807) is 58.2 Å². The summed E-state index contributed by atoms with van der Waals surface area (Å²) >= 11 is 0. The summed E-state index contributed by atoms with van der Waals surface area (Å²) in [5.41, 5.74) is 0.297. The summed E-state index contributed by atoms with van der Waals surface area (Å²) in [4.78, 5) is 27.8. The van der Waals surface area contributed by atoms with E-state index < -0.39 is 17.6 Å². The van der Waals surface area contributed by atoms with Crippen LogP contribution in [0.4, 0.5) is 10.6 Å². The van der Waals surface area contributed by atoms with Gasteiger partial charge in [-0.05, 0) is 57.5 Å². The minimum Gasteiger partial charge on any atom is -0.496 e. The zero-order chi connectivity index (χ0) is 20.7. The first kappa shape index (κ1) is 21.0. The van der Waals surface area contributed by atoms with E-state index in [-0.39, 0.29) is 6.54 Å². The van der Waals surface area contributed by atoms with Crippen LogP contribution in [0.5, 0.6) is 17.4 Å². The van der Waals surface area contributed by atoms with Crippen molar-refractivity contribution in [3.8, 4) is 17.4 Å². The van der Waals surface area contributed by atoms with Gasteiger partial charge >= 0.3 is 6.09 Å². The number of alkyl carbamates (subject to hydrolysis) is 1. The van der Waals surface area contributed by atoms with Gasteiger partial charge in [-0.2, -0.15) is 4.98 Å². The van der Waals surface area contributed by atoms with E-state index in [2.05, 4.69) is 15.6 Å². The van der Waals surface area contributed by atoms with E-state index in [1.165, 1.54) is 0 Å². The second kappa shape index (κ2) is 9.07. The molecule has 8 heteroatoms. The Morgan fingerprint density at radius 3 is 2.54 bits per heavy atom. The number of hydrogen-bond acceptors (Lipinski definition) is 6. The number of pyridine rings is 1. The number of ether oxygens (including phenoxy) is 3. The Hall–Kier alpha value is -3.29. The van der Waals surface area contributed by atoms with E-state index in [9.17, 15) is 9.59 Å². The van der Waals surface area contributed by atoms with Gasteiger partial charge < -0.3 is 24.8 Å². The molecule has 8 nitrogen and oxygen atoms in total. The largest absolute Gasteiger partial charge is 0.496 e. The van der Waals surface area contributed by atoms with Gasteiger partial charge in [0.25, 0.3) is 0 Å². The molecule has 0 fully saturated rings. The summed E-state index contributed by atoms with van der Waals surface area (Å²) in [6.45, 7) is 6.90. The Labute approximate surface area is 164 Å². The second-order valence-electron chi connectivity index (χ2n) is 7.00. The molecule has 2 rings (SSSR count). The second-order valence-corrected chi connectivity index (χ2v) is 7.00. The fraction of sp³-hybridized carbons (Fsp3) is 0.350. The molecule has 2 amide bonds. The number of anilines is 1. The van der Waals surface area contributed by atoms with Crippen LogP contribution < -0.4 is 20.1 Å². The number of nitrogens with zero attached hydrogens (tertiary/aromatic N) is 1. The summed E-state index contributed by atoms with van der Waals surface area (Å²) in [7, 11) is 1.61. The lowest BCUT2D eigenvalue weighted by molar-refractivity contribution is -0.115. The highest BCUT2D eigenvalue weighted by Gasteiger charge is 2.16. The van der Waals surface area contributed by atoms with Gasteiger partial charge in [-0.25, -0.2) is 4.79 Å². The van der Waals surface area contributed by atoms with Gasteiger partial charge in [-0.15, -0.1) is 0 Å². The smallest absolute Gasteiger partial charge is 0.408 e. The van der Waals surface area contributed by atoms with Gasteiger partial charge in [-0.1, -0.05) is 6.07 Å². The monoisotopic (exact) mass is 387 g/mol. The molecule has 0 saturated carbocycles. The number of carbonyl (C=O) groups excluding carboxylic acids is 2. The maximum absolute atomic E-state index is 12.0. The van der Waals surface area contributed by atoms with Crippen molar-refractivity contribution in [2.75, 3.05) is 19.0 Å². The van der Waals surface area contributed by atoms with Crippen molar-refractivity contribution in [3.63, 3.8) is 0 Å². The molecule has 1 heterocycles. The van der Waals surface area contributed by atoms with Crippen LogP contribution in [0.1, 0.15) is 26.3 Å². The Bertz CT molecular complexity index is 846. The normalized spacial score (nSPS) is 10.8. The number of nitrogens with one attached hydrogen (secondary N) is 2. The molecule has 0 spiro atoms. The molecule has 28 heavy (non-hydrogen) atoms. The molecule has 1 aromatic carbocycles.